The molecule has 0 spiro atoms. The van der Waals surface area contributed by atoms with Crippen LogP contribution in [0.5, 0.6) is 0 Å². The SMILES string of the molecule is CCC(CC)C(=O)Nc1ccc(C)c(Cl)c1. The summed E-state index contributed by atoms with van der Waals surface area (Å²) in [7, 11) is 0. The molecule has 2 nitrogen and oxygen atoms in total. The smallest absolute Gasteiger partial charge is 0.227 e. The highest BCUT2D eigenvalue weighted by Crippen LogP contribution is 2.21. The second kappa shape index (κ2) is 5.90. The molecule has 0 aliphatic rings. The number of benzene rings is 1. The molecule has 0 bridgehead atoms. The van der Waals surface area contributed by atoms with Gasteiger partial charge in [-0.05, 0) is 37.5 Å². The zero-order chi connectivity index (χ0) is 12.1. The Balaban J connectivity index is 2.73. The monoisotopic (exact) mass is 239 g/mol. The van der Waals surface area contributed by atoms with E-state index in [1.807, 2.05) is 32.9 Å². The fraction of sp³-hybridized carbons (Fsp3) is 0.462. The number of amides is 1. The van der Waals surface area contributed by atoms with Crippen LogP contribution in [0.4, 0.5) is 5.69 Å². The van der Waals surface area contributed by atoms with Gasteiger partial charge < -0.3 is 5.32 Å². The number of anilines is 1. The van der Waals surface area contributed by atoms with Crippen molar-refractivity contribution in [1.82, 2.24) is 0 Å². The van der Waals surface area contributed by atoms with Crippen LogP contribution in [0.25, 0.3) is 0 Å². The molecule has 3 heteroatoms. The molecule has 0 aliphatic carbocycles. The molecule has 0 aliphatic heterocycles. The van der Waals surface area contributed by atoms with Crippen molar-refractivity contribution in [3.63, 3.8) is 0 Å². The molecular weight excluding hydrogens is 222 g/mol. The van der Waals surface area contributed by atoms with Gasteiger partial charge in [0.15, 0.2) is 0 Å². The Morgan fingerprint density at radius 1 is 1.38 bits per heavy atom. The number of carbonyl (C=O) groups is 1. The molecule has 1 aromatic rings. The topological polar surface area (TPSA) is 29.1 Å². The minimum absolute atomic E-state index is 0.0740. The highest BCUT2D eigenvalue weighted by Gasteiger charge is 2.14. The highest BCUT2D eigenvalue weighted by atomic mass is 35.5. The molecule has 0 heterocycles. The summed E-state index contributed by atoms with van der Waals surface area (Å²) in [4.78, 5) is 11.8. The minimum Gasteiger partial charge on any atom is -0.326 e. The van der Waals surface area contributed by atoms with Gasteiger partial charge in [-0.1, -0.05) is 31.5 Å². The fourth-order valence-electron chi connectivity index (χ4n) is 1.57. The van der Waals surface area contributed by atoms with Crippen LogP contribution in [0.1, 0.15) is 32.3 Å². The summed E-state index contributed by atoms with van der Waals surface area (Å²) >= 11 is 5.99. The van der Waals surface area contributed by atoms with Crippen LogP contribution < -0.4 is 5.32 Å². The molecule has 0 radical (unpaired) electrons. The normalized spacial score (nSPS) is 10.6. The standard InChI is InChI=1S/C13H18ClNO/c1-4-10(5-2)13(16)15-11-7-6-9(3)12(14)8-11/h6-8,10H,4-5H2,1-3H3,(H,15,16). The zero-order valence-electron chi connectivity index (χ0n) is 10.0. The van der Waals surface area contributed by atoms with Crippen molar-refractivity contribution in [2.45, 2.75) is 33.6 Å². The van der Waals surface area contributed by atoms with E-state index < -0.39 is 0 Å². The average molecular weight is 240 g/mol. The largest absolute Gasteiger partial charge is 0.326 e. The van der Waals surface area contributed by atoms with E-state index in [4.69, 9.17) is 11.6 Å². The number of halogens is 1. The molecule has 16 heavy (non-hydrogen) atoms. The Morgan fingerprint density at radius 2 is 2.00 bits per heavy atom. The third kappa shape index (κ3) is 3.24. The van der Waals surface area contributed by atoms with E-state index in [2.05, 4.69) is 5.32 Å². The van der Waals surface area contributed by atoms with Crippen molar-refractivity contribution in [3.05, 3.63) is 28.8 Å². The first-order valence-electron chi connectivity index (χ1n) is 5.65. The van der Waals surface area contributed by atoms with Crippen molar-refractivity contribution >= 4 is 23.2 Å². The van der Waals surface area contributed by atoms with Gasteiger partial charge in [0.05, 0.1) is 0 Å². The predicted octanol–water partition coefficient (Wildman–Crippen LogP) is 4.02. The van der Waals surface area contributed by atoms with Crippen LogP contribution in [0.3, 0.4) is 0 Å². The average Bonchev–Trinajstić information content (AvgIpc) is 2.25. The summed E-state index contributed by atoms with van der Waals surface area (Å²) in [6.45, 7) is 5.99. The van der Waals surface area contributed by atoms with Crippen LogP contribution in [0.15, 0.2) is 18.2 Å². The lowest BCUT2D eigenvalue weighted by molar-refractivity contribution is -0.120. The molecule has 0 saturated heterocycles. The molecule has 0 atom stereocenters. The maximum atomic E-state index is 11.8. The third-order valence-electron chi connectivity index (χ3n) is 2.80. The number of hydrogen-bond acceptors (Lipinski definition) is 1. The van der Waals surface area contributed by atoms with E-state index in [0.29, 0.717) is 5.02 Å². The predicted molar refractivity (Wildman–Crippen MR) is 68.9 cm³/mol. The summed E-state index contributed by atoms with van der Waals surface area (Å²) < 4.78 is 0. The molecule has 1 N–H and O–H groups in total. The lowest BCUT2D eigenvalue weighted by atomic mass is 10.0. The van der Waals surface area contributed by atoms with Crippen molar-refractivity contribution in [2.75, 3.05) is 5.32 Å². The fourth-order valence-corrected chi connectivity index (χ4v) is 1.75. The van der Waals surface area contributed by atoms with Crippen molar-refractivity contribution < 1.29 is 4.79 Å². The molecule has 1 aromatic carbocycles. The Labute approximate surface area is 102 Å². The van der Waals surface area contributed by atoms with E-state index in [1.165, 1.54) is 0 Å². The second-order valence-corrected chi connectivity index (χ2v) is 4.37. The van der Waals surface area contributed by atoms with Crippen LogP contribution in [-0.4, -0.2) is 5.91 Å². The Bertz CT molecular complexity index is 372. The summed E-state index contributed by atoms with van der Waals surface area (Å²) in [5.41, 5.74) is 1.79. The lowest BCUT2D eigenvalue weighted by Gasteiger charge is -2.13. The molecule has 1 rings (SSSR count). The Morgan fingerprint density at radius 3 is 2.50 bits per heavy atom. The van der Waals surface area contributed by atoms with Crippen molar-refractivity contribution in [1.29, 1.82) is 0 Å². The van der Waals surface area contributed by atoms with Crippen LogP contribution >= 0.6 is 11.6 Å². The summed E-state index contributed by atoms with van der Waals surface area (Å²) in [5.74, 6) is 0.157. The number of aryl methyl sites for hydroxylation is 1. The van der Waals surface area contributed by atoms with Gasteiger partial charge in [-0.25, -0.2) is 0 Å². The number of nitrogens with one attached hydrogen (secondary N) is 1. The van der Waals surface area contributed by atoms with E-state index in [-0.39, 0.29) is 11.8 Å². The first-order chi connectivity index (χ1) is 7.58. The first kappa shape index (κ1) is 13.0. The van der Waals surface area contributed by atoms with Crippen LogP contribution in [0, 0.1) is 12.8 Å². The number of hydrogen-bond donors (Lipinski definition) is 1. The molecule has 0 aromatic heterocycles. The van der Waals surface area contributed by atoms with Gasteiger partial charge >= 0.3 is 0 Å². The van der Waals surface area contributed by atoms with E-state index in [0.717, 1.165) is 24.1 Å². The molecular formula is C13H18ClNO. The third-order valence-corrected chi connectivity index (χ3v) is 3.20. The Hall–Kier alpha value is -1.02. The molecule has 0 saturated carbocycles. The van der Waals surface area contributed by atoms with Gasteiger partial charge in [0.2, 0.25) is 5.91 Å². The maximum absolute atomic E-state index is 11.8. The van der Waals surface area contributed by atoms with Crippen molar-refractivity contribution in [2.24, 2.45) is 5.92 Å². The highest BCUT2D eigenvalue weighted by molar-refractivity contribution is 6.31. The molecule has 1 amide bonds. The van der Waals surface area contributed by atoms with Gasteiger partial charge in [-0.3, -0.25) is 4.79 Å². The molecule has 0 unspecified atom stereocenters. The molecule has 0 fully saturated rings. The quantitative estimate of drug-likeness (QED) is 0.845. The summed E-state index contributed by atoms with van der Waals surface area (Å²) in [5, 5.41) is 3.57. The van der Waals surface area contributed by atoms with Crippen molar-refractivity contribution in [3.8, 4) is 0 Å². The van der Waals surface area contributed by atoms with Crippen LogP contribution in [-0.2, 0) is 4.79 Å². The summed E-state index contributed by atoms with van der Waals surface area (Å²) in [6.07, 6.45) is 1.73. The Kier molecular flexibility index (Phi) is 4.81. The summed E-state index contributed by atoms with van der Waals surface area (Å²) in [6, 6.07) is 5.57. The van der Waals surface area contributed by atoms with E-state index in [1.54, 1.807) is 6.07 Å². The van der Waals surface area contributed by atoms with Gasteiger partial charge in [-0.15, -0.1) is 0 Å². The second-order valence-electron chi connectivity index (χ2n) is 3.97. The maximum Gasteiger partial charge on any atom is 0.227 e. The minimum atomic E-state index is 0.0740. The zero-order valence-corrected chi connectivity index (χ0v) is 10.8. The van der Waals surface area contributed by atoms with Gasteiger partial charge in [0.1, 0.15) is 0 Å². The van der Waals surface area contributed by atoms with E-state index >= 15 is 0 Å². The van der Waals surface area contributed by atoms with Crippen LogP contribution in [0.2, 0.25) is 5.02 Å². The van der Waals surface area contributed by atoms with E-state index in [9.17, 15) is 4.79 Å². The van der Waals surface area contributed by atoms with Gasteiger partial charge in [0, 0.05) is 16.6 Å². The molecule has 88 valence electrons. The first-order valence-corrected chi connectivity index (χ1v) is 6.03. The van der Waals surface area contributed by atoms with Gasteiger partial charge in [-0.2, -0.15) is 0 Å². The lowest BCUT2D eigenvalue weighted by Crippen LogP contribution is -2.21. The number of rotatable bonds is 4. The van der Waals surface area contributed by atoms with Gasteiger partial charge in [0.25, 0.3) is 0 Å². The number of carbonyl (C=O) groups excluding carboxylic acids is 1.